The summed E-state index contributed by atoms with van der Waals surface area (Å²) >= 11 is 0. The Morgan fingerprint density at radius 2 is 2.20 bits per heavy atom. The molecule has 0 saturated carbocycles. The molecule has 86 valence electrons. The average molecular weight is 233 g/mol. The van der Waals surface area contributed by atoms with Crippen LogP contribution in [0, 0.1) is 5.92 Å². The van der Waals surface area contributed by atoms with Gasteiger partial charge in [-0.3, -0.25) is 4.57 Å². The quantitative estimate of drug-likeness (QED) is 0.730. The van der Waals surface area contributed by atoms with Gasteiger partial charge < -0.3 is 5.32 Å². The topological polar surface area (TPSA) is 62.7 Å². The molecule has 1 aliphatic heterocycles. The highest BCUT2D eigenvalue weighted by Crippen LogP contribution is 2.23. The Hall–Kier alpha value is -0.810. The van der Waals surface area contributed by atoms with Gasteiger partial charge in [-0.25, -0.2) is 9.89 Å². The lowest BCUT2D eigenvalue weighted by atomic mass is 9.91. The molecular weight excluding hydrogens is 216 g/mol. The van der Waals surface area contributed by atoms with Crippen LogP contribution in [0.4, 0.5) is 0 Å². The normalized spacial score (nSPS) is 26.0. The van der Waals surface area contributed by atoms with Crippen LogP contribution in [0.1, 0.15) is 25.1 Å². The van der Waals surface area contributed by atoms with E-state index in [9.17, 15) is 4.79 Å². The zero-order chi connectivity index (χ0) is 10.1. The van der Waals surface area contributed by atoms with Gasteiger partial charge in [0.1, 0.15) is 5.82 Å². The molecule has 15 heavy (non-hydrogen) atoms. The predicted molar refractivity (Wildman–Crippen MR) is 60.5 cm³/mol. The van der Waals surface area contributed by atoms with Crippen molar-refractivity contribution < 1.29 is 0 Å². The SMILES string of the molecule is C[C@@H]1CNC[C@@H](c2n[nH]c(=O)n2C)C1.Cl. The summed E-state index contributed by atoms with van der Waals surface area (Å²) in [5, 5.41) is 9.89. The van der Waals surface area contributed by atoms with Crippen molar-refractivity contribution in [3.05, 3.63) is 16.3 Å². The third kappa shape index (κ3) is 2.41. The molecule has 2 N–H and O–H groups in total. The van der Waals surface area contributed by atoms with E-state index in [0.29, 0.717) is 11.8 Å². The van der Waals surface area contributed by atoms with E-state index in [1.165, 1.54) is 0 Å². The highest BCUT2D eigenvalue weighted by atomic mass is 35.5. The van der Waals surface area contributed by atoms with Crippen molar-refractivity contribution in [3.8, 4) is 0 Å². The maximum absolute atomic E-state index is 11.2. The molecule has 0 amide bonds. The van der Waals surface area contributed by atoms with Gasteiger partial charge in [-0.2, -0.15) is 5.10 Å². The van der Waals surface area contributed by atoms with Crippen LogP contribution >= 0.6 is 12.4 Å². The van der Waals surface area contributed by atoms with Crippen LogP contribution in [0.15, 0.2) is 4.79 Å². The molecule has 2 atom stereocenters. The fraction of sp³-hybridized carbons (Fsp3) is 0.778. The summed E-state index contributed by atoms with van der Waals surface area (Å²) in [6.45, 7) is 4.20. The summed E-state index contributed by atoms with van der Waals surface area (Å²) in [4.78, 5) is 11.2. The molecule has 1 aliphatic rings. The average Bonchev–Trinajstić information content (AvgIpc) is 2.48. The lowest BCUT2D eigenvalue weighted by Gasteiger charge is -2.26. The molecule has 1 fully saturated rings. The molecule has 1 saturated heterocycles. The lowest BCUT2D eigenvalue weighted by Crippen LogP contribution is -2.35. The van der Waals surface area contributed by atoms with E-state index in [1.54, 1.807) is 11.6 Å². The van der Waals surface area contributed by atoms with Crippen molar-refractivity contribution in [1.82, 2.24) is 20.1 Å². The number of aromatic amines is 1. The predicted octanol–water partition coefficient (Wildman–Crippen LogP) is 0.243. The number of aromatic nitrogens is 3. The summed E-state index contributed by atoms with van der Waals surface area (Å²) < 4.78 is 1.60. The van der Waals surface area contributed by atoms with Gasteiger partial charge in [-0.15, -0.1) is 12.4 Å². The highest BCUT2D eigenvalue weighted by Gasteiger charge is 2.23. The largest absolute Gasteiger partial charge is 0.343 e. The second-order valence-electron chi connectivity index (χ2n) is 4.14. The van der Waals surface area contributed by atoms with E-state index in [1.807, 2.05) is 0 Å². The standard InChI is InChI=1S/C9H16N4O.ClH/c1-6-3-7(5-10-4-6)8-11-12-9(14)13(8)2;/h6-7,10H,3-5H2,1-2H3,(H,12,14);1H/t6-,7-;/m0./s1. The minimum absolute atomic E-state index is 0. The molecule has 6 heteroatoms. The third-order valence-corrected chi connectivity index (χ3v) is 2.85. The summed E-state index contributed by atoms with van der Waals surface area (Å²) in [5.41, 5.74) is -0.127. The first-order chi connectivity index (χ1) is 6.68. The minimum Gasteiger partial charge on any atom is -0.316 e. The van der Waals surface area contributed by atoms with Gasteiger partial charge in [0, 0.05) is 19.5 Å². The van der Waals surface area contributed by atoms with Gasteiger partial charge in [0.2, 0.25) is 0 Å². The number of nitrogens with zero attached hydrogens (tertiary/aromatic N) is 2. The van der Waals surface area contributed by atoms with E-state index in [2.05, 4.69) is 22.4 Å². The molecule has 0 bridgehead atoms. The zero-order valence-corrected chi connectivity index (χ0v) is 9.80. The third-order valence-electron chi connectivity index (χ3n) is 2.85. The molecule has 0 aromatic carbocycles. The summed E-state index contributed by atoms with van der Waals surface area (Å²) in [6.07, 6.45) is 1.10. The number of hydrogen-bond acceptors (Lipinski definition) is 3. The summed E-state index contributed by atoms with van der Waals surface area (Å²) in [6, 6.07) is 0. The van der Waals surface area contributed by atoms with Gasteiger partial charge in [-0.05, 0) is 18.9 Å². The Kier molecular flexibility index (Phi) is 3.93. The van der Waals surface area contributed by atoms with Crippen molar-refractivity contribution in [3.63, 3.8) is 0 Å². The molecule has 2 heterocycles. The van der Waals surface area contributed by atoms with Crippen LogP contribution in [0.3, 0.4) is 0 Å². The van der Waals surface area contributed by atoms with Gasteiger partial charge in [0.15, 0.2) is 0 Å². The highest BCUT2D eigenvalue weighted by molar-refractivity contribution is 5.85. The Balaban J connectivity index is 0.00000112. The molecule has 0 unspecified atom stereocenters. The number of halogens is 1. The number of piperidine rings is 1. The van der Waals surface area contributed by atoms with Crippen LogP contribution < -0.4 is 11.0 Å². The molecule has 0 aliphatic carbocycles. The summed E-state index contributed by atoms with van der Waals surface area (Å²) in [5.74, 6) is 1.89. The van der Waals surface area contributed by atoms with E-state index in [4.69, 9.17) is 0 Å². The maximum atomic E-state index is 11.2. The van der Waals surface area contributed by atoms with Crippen molar-refractivity contribution in [2.75, 3.05) is 13.1 Å². The van der Waals surface area contributed by atoms with Gasteiger partial charge in [0.25, 0.3) is 0 Å². The number of H-pyrrole nitrogens is 1. The van der Waals surface area contributed by atoms with E-state index in [-0.39, 0.29) is 18.1 Å². The van der Waals surface area contributed by atoms with Crippen LogP contribution in [0.2, 0.25) is 0 Å². The zero-order valence-electron chi connectivity index (χ0n) is 8.99. The first kappa shape index (κ1) is 12.3. The van der Waals surface area contributed by atoms with Crippen molar-refractivity contribution >= 4 is 12.4 Å². The van der Waals surface area contributed by atoms with E-state index in [0.717, 1.165) is 25.3 Å². The monoisotopic (exact) mass is 232 g/mol. The van der Waals surface area contributed by atoms with Crippen molar-refractivity contribution in [1.29, 1.82) is 0 Å². The molecule has 5 nitrogen and oxygen atoms in total. The molecule has 2 rings (SSSR count). The minimum atomic E-state index is -0.127. The van der Waals surface area contributed by atoms with E-state index < -0.39 is 0 Å². The van der Waals surface area contributed by atoms with Gasteiger partial charge in [0.05, 0.1) is 0 Å². The van der Waals surface area contributed by atoms with Crippen molar-refractivity contribution in [2.45, 2.75) is 19.3 Å². The maximum Gasteiger partial charge on any atom is 0.343 e. The second-order valence-corrected chi connectivity index (χ2v) is 4.14. The Bertz CT molecular complexity index is 372. The van der Waals surface area contributed by atoms with Crippen LogP contribution in [-0.2, 0) is 7.05 Å². The number of nitrogens with one attached hydrogen (secondary N) is 2. The van der Waals surface area contributed by atoms with E-state index >= 15 is 0 Å². The Morgan fingerprint density at radius 1 is 1.47 bits per heavy atom. The van der Waals surface area contributed by atoms with Crippen molar-refractivity contribution in [2.24, 2.45) is 13.0 Å². The number of rotatable bonds is 1. The molecule has 0 radical (unpaired) electrons. The Labute approximate surface area is 94.7 Å². The lowest BCUT2D eigenvalue weighted by molar-refractivity contribution is 0.350. The number of hydrogen-bond donors (Lipinski definition) is 2. The van der Waals surface area contributed by atoms with Crippen LogP contribution in [0.5, 0.6) is 0 Å². The molecule has 1 aromatic rings. The second kappa shape index (κ2) is 4.81. The molecular formula is C9H17ClN4O. The van der Waals surface area contributed by atoms with Gasteiger partial charge in [-0.1, -0.05) is 6.92 Å². The van der Waals surface area contributed by atoms with Gasteiger partial charge >= 0.3 is 5.69 Å². The molecule has 0 spiro atoms. The van der Waals surface area contributed by atoms with Crippen LogP contribution in [0.25, 0.3) is 0 Å². The fourth-order valence-electron chi connectivity index (χ4n) is 2.08. The van der Waals surface area contributed by atoms with Crippen LogP contribution in [-0.4, -0.2) is 27.9 Å². The first-order valence-corrected chi connectivity index (χ1v) is 5.00. The first-order valence-electron chi connectivity index (χ1n) is 5.00. The Morgan fingerprint density at radius 3 is 2.73 bits per heavy atom. The molecule has 1 aromatic heterocycles. The fourth-order valence-corrected chi connectivity index (χ4v) is 2.08. The smallest absolute Gasteiger partial charge is 0.316 e. The summed E-state index contributed by atoms with van der Waals surface area (Å²) in [7, 11) is 1.76.